The molecule has 0 saturated heterocycles. The Labute approximate surface area is 238 Å². The molecule has 1 unspecified atom stereocenters. The Bertz CT molecular complexity index is 1540. The van der Waals surface area contributed by atoms with Gasteiger partial charge in [-0.15, -0.1) is 5.10 Å². The smallest absolute Gasteiger partial charge is 0.322 e. The third kappa shape index (κ3) is 6.22. The van der Waals surface area contributed by atoms with Gasteiger partial charge in [0.15, 0.2) is 17.8 Å². The highest BCUT2D eigenvalue weighted by molar-refractivity contribution is 5.77. The Morgan fingerprint density at radius 3 is 2.71 bits per heavy atom. The molecule has 0 amide bonds. The van der Waals surface area contributed by atoms with Crippen LogP contribution >= 0.6 is 0 Å². The SMILES string of the molecule is CN(C)c1ccc(-c2nnc(NC3=COC=C(C4=CC=CCC4)O3)o2)c(NC(Cc2ccccc2)C2=COCO2)c1. The molecule has 0 saturated carbocycles. The van der Waals surface area contributed by atoms with Crippen molar-refractivity contribution in [3.8, 4) is 11.5 Å². The monoisotopic (exact) mass is 553 g/mol. The normalized spacial score (nSPS) is 16.5. The molecule has 1 atom stereocenters. The first kappa shape index (κ1) is 26.1. The third-order valence-corrected chi connectivity index (χ3v) is 6.75. The first-order chi connectivity index (χ1) is 20.1. The summed E-state index contributed by atoms with van der Waals surface area (Å²) in [4.78, 5) is 2.03. The fraction of sp³-hybridized carbons (Fsp3) is 0.226. The van der Waals surface area contributed by atoms with Crippen molar-refractivity contribution in [3.63, 3.8) is 0 Å². The molecule has 2 aromatic carbocycles. The van der Waals surface area contributed by atoms with Crippen molar-refractivity contribution in [3.05, 3.63) is 114 Å². The first-order valence-corrected chi connectivity index (χ1v) is 13.4. The molecule has 1 aliphatic carbocycles. The number of nitrogens with zero attached hydrogens (tertiary/aromatic N) is 3. The quantitative estimate of drug-likeness (QED) is 0.309. The van der Waals surface area contributed by atoms with Crippen molar-refractivity contribution in [1.82, 2.24) is 10.2 Å². The van der Waals surface area contributed by atoms with Crippen LogP contribution in [0, 0.1) is 0 Å². The average Bonchev–Trinajstić information content (AvgIpc) is 3.71. The van der Waals surface area contributed by atoms with Crippen LogP contribution in [0.2, 0.25) is 0 Å². The van der Waals surface area contributed by atoms with Crippen LogP contribution in [0.15, 0.2) is 113 Å². The Balaban J connectivity index is 1.24. The highest BCUT2D eigenvalue weighted by Crippen LogP contribution is 2.34. The van der Waals surface area contributed by atoms with Crippen molar-refractivity contribution in [2.75, 3.05) is 36.4 Å². The Morgan fingerprint density at radius 2 is 1.93 bits per heavy atom. The van der Waals surface area contributed by atoms with E-state index in [2.05, 4.69) is 39.0 Å². The van der Waals surface area contributed by atoms with E-state index in [0.717, 1.165) is 46.7 Å². The van der Waals surface area contributed by atoms with Crippen molar-refractivity contribution in [2.45, 2.75) is 25.3 Å². The van der Waals surface area contributed by atoms with E-state index in [1.54, 1.807) is 12.5 Å². The second kappa shape index (κ2) is 12.0. The van der Waals surface area contributed by atoms with Crippen LogP contribution in [0.25, 0.3) is 11.5 Å². The summed E-state index contributed by atoms with van der Waals surface area (Å²) in [6.07, 6.45) is 13.4. The molecule has 10 nitrogen and oxygen atoms in total. The van der Waals surface area contributed by atoms with Gasteiger partial charge in [-0.3, -0.25) is 5.32 Å². The molecule has 41 heavy (non-hydrogen) atoms. The number of nitrogens with one attached hydrogen (secondary N) is 2. The number of hydrogen-bond acceptors (Lipinski definition) is 10. The Hall–Kier alpha value is -5.12. The van der Waals surface area contributed by atoms with Gasteiger partial charge in [-0.2, -0.15) is 0 Å². The van der Waals surface area contributed by atoms with E-state index in [-0.39, 0.29) is 18.8 Å². The maximum atomic E-state index is 6.04. The molecule has 0 spiro atoms. The van der Waals surface area contributed by atoms with E-state index in [9.17, 15) is 0 Å². The molecule has 3 heterocycles. The summed E-state index contributed by atoms with van der Waals surface area (Å²) >= 11 is 0. The molecule has 3 aliphatic rings. The van der Waals surface area contributed by atoms with Crippen LogP contribution in [0.1, 0.15) is 18.4 Å². The van der Waals surface area contributed by atoms with Gasteiger partial charge >= 0.3 is 6.01 Å². The van der Waals surface area contributed by atoms with Gasteiger partial charge in [-0.25, -0.2) is 0 Å². The molecule has 0 radical (unpaired) electrons. The van der Waals surface area contributed by atoms with Crippen molar-refractivity contribution in [2.24, 2.45) is 0 Å². The number of hydrogen-bond donors (Lipinski definition) is 2. The number of ether oxygens (including phenoxy) is 4. The van der Waals surface area contributed by atoms with Crippen LogP contribution in [0.3, 0.4) is 0 Å². The lowest BCUT2D eigenvalue weighted by Gasteiger charge is -2.23. The van der Waals surface area contributed by atoms with E-state index in [0.29, 0.717) is 24.0 Å². The van der Waals surface area contributed by atoms with Gasteiger partial charge in [-0.1, -0.05) is 53.7 Å². The van der Waals surface area contributed by atoms with Gasteiger partial charge < -0.3 is 33.6 Å². The van der Waals surface area contributed by atoms with Gasteiger partial charge in [0, 0.05) is 25.5 Å². The van der Waals surface area contributed by atoms with Gasteiger partial charge in [-0.05, 0) is 48.6 Å². The standard InChI is InChI=1S/C31H31N5O5/c1-36(2)23-13-14-24(25(16-23)32-26(28-18-38-20-39-28)15-21-9-5-3-6-10-21)30-34-35-31(41-30)33-29-19-37-17-27(40-29)22-11-7-4-8-12-22/h3-7,9-11,13-14,16-19,26,32H,8,12,15,20H2,1-2H3,(H,33,35). The van der Waals surface area contributed by atoms with Crippen LogP contribution in [-0.2, 0) is 25.4 Å². The van der Waals surface area contributed by atoms with Crippen molar-refractivity contribution < 1.29 is 23.4 Å². The molecular weight excluding hydrogens is 522 g/mol. The zero-order valence-corrected chi connectivity index (χ0v) is 22.9. The molecule has 10 heteroatoms. The summed E-state index contributed by atoms with van der Waals surface area (Å²) in [5, 5.41) is 15.2. The molecule has 6 rings (SSSR count). The second-order valence-corrected chi connectivity index (χ2v) is 9.86. The average molecular weight is 554 g/mol. The van der Waals surface area contributed by atoms with Crippen molar-refractivity contribution >= 4 is 17.4 Å². The van der Waals surface area contributed by atoms with Gasteiger partial charge in [0.1, 0.15) is 12.5 Å². The lowest BCUT2D eigenvalue weighted by molar-refractivity contribution is 0.0764. The zero-order valence-electron chi connectivity index (χ0n) is 22.9. The maximum absolute atomic E-state index is 6.04. The lowest BCUT2D eigenvalue weighted by Crippen LogP contribution is -2.26. The van der Waals surface area contributed by atoms with Crippen LogP contribution in [-0.4, -0.2) is 37.1 Å². The molecule has 210 valence electrons. The Kier molecular flexibility index (Phi) is 7.61. The lowest BCUT2D eigenvalue weighted by atomic mass is 10.0. The van der Waals surface area contributed by atoms with Crippen molar-refractivity contribution in [1.29, 1.82) is 0 Å². The minimum atomic E-state index is -0.191. The largest absolute Gasteiger partial charge is 0.463 e. The molecule has 1 aromatic heterocycles. The topological polar surface area (TPSA) is 103 Å². The van der Waals surface area contributed by atoms with Gasteiger partial charge in [0.25, 0.3) is 5.89 Å². The predicted molar refractivity (Wildman–Crippen MR) is 155 cm³/mol. The fourth-order valence-corrected chi connectivity index (χ4v) is 4.63. The summed E-state index contributed by atoms with van der Waals surface area (Å²) in [5.74, 6) is 2.05. The Morgan fingerprint density at radius 1 is 1.02 bits per heavy atom. The van der Waals surface area contributed by atoms with Gasteiger partial charge in [0.2, 0.25) is 12.7 Å². The zero-order chi connectivity index (χ0) is 28.0. The van der Waals surface area contributed by atoms with Crippen LogP contribution < -0.4 is 15.5 Å². The molecule has 0 fully saturated rings. The first-order valence-electron chi connectivity index (χ1n) is 13.4. The fourth-order valence-electron chi connectivity index (χ4n) is 4.63. The summed E-state index contributed by atoms with van der Waals surface area (Å²) in [5.41, 5.74) is 4.77. The van der Waals surface area contributed by atoms with E-state index >= 15 is 0 Å². The molecule has 2 aliphatic heterocycles. The number of allylic oxidation sites excluding steroid dienone is 4. The van der Waals surface area contributed by atoms with E-state index < -0.39 is 0 Å². The summed E-state index contributed by atoms with van der Waals surface area (Å²) in [7, 11) is 3.99. The minimum absolute atomic E-state index is 0.173. The number of anilines is 3. The minimum Gasteiger partial charge on any atom is -0.463 e. The molecular formula is C31H31N5O5. The van der Waals surface area contributed by atoms with Crippen LogP contribution in [0.4, 0.5) is 17.4 Å². The highest BCUT2D eigenvalue weighted by atomic mass is 16.7. The summed E-state index contributed by atoms with van der Waals surface area (Å²) < 4.78 is 28.7. The highest BCUT2D eigenvalue weighted by Gasteiger charge is 2.24. The number of rotatable bonds is 10. The maximum Gasteiger partial charge on any atom is 0.322 e. The second-order valence-electron chi connectivity index (χ2n) is 9.86. The van der Waals surface area contributed by atoms with Gasteiger partial charge in [0.05, 0.1) is 11.6 Å². The summed E-state index contributed by atoms with van der Waals surface area (Å²) in [6.45, 7) is 0.193. The van der Waals surface area contributed by atoms with E-state index in [1.165, 1.54) is 6.26 Å². The molecule has 2 N–H and O–H groups in total. The van der Waals surface area contributed by atoms with E-state index in [4.69, 9.17) is 23.4 Å². The third-order valence-electron chi connectivity index (χ3n) is 6.75. The van der Waals surface area contributed by atoms with Crippen LogP contribution in [0.5, 0.6) is 0 Å². The predicted octanol–water partition coefficient (Wildman–Crippen LogP) is 6.05. The number of aromatic nitrogens is 2. The molecule has 3 aromatic rings. The number of benzene rings is 2. The summed E-state index contributed by atoms with van der Waals surface area (Å²) in [6, 6.07) is 16.2. The molecule has 0 bridgehead atoms. The van der Waals surface area contributed by atoms with E-state index in [1.807, 2.05) is 67.5 Å².